The summed E-state index contributed by atoms with van der Waals surface area (Å²) in [7, 11) is 1.69. The molecule has 0 bridgehead atoms. The van der Waals surface area contributed by atoms with E-state index in [9.17, 15) is 19.7 Å². The Balaban J connectivity index is 1.71. The molecule has 0 atom stereocenters. The monoisotopic (exact) mass is 412 g/mol. The molecule has 10 heteroatoms. The number of hydrogen-bond acceptors (Lipinski definition) is 7. The molecule has 2 heterocycles. The Morgan fingerprint density at radius 3 is 2.63 bits per heavy atom. The number of carbonyl (C=O) groups excluding carboxylic acids is 2. The van der Waals surface area contributed by atoms with Crippen molar-refractivity contribution >= 4 is 23.1 Å². The average Bonchev–Trinajstić information content (AvgIpc) is 3.17. The van der Waals surface area contributed by atoms with Crippen molar-refractivity contribution in [1.29, 1.82) is 0 Å². The average molecular weight is 412 g/mol. The minimum atomic E-state index is -0.473. The van der Waals surface area contributed by atoms with Crippen molar-refractivity contribution in [3.63, 3.8) is 0 Å². The Hall–Kier alpha value is -3.53. The van der Waals surface area contributed by atoms with Crippen LogP contribution in [-0.2, 0) is 11.8 Å². The van der Waals surface area contributed by atoms with E-state index in [4.69, 9.17) is 0 Å². The third-order valence-electron chi connectivity index (χ3n) is 4.98. The van der Waals surface area contributed by atoms with Gasteiger partial charge in [-0.1, -0.05) is 6.08 Å². The number of nitro benzene ring substituents is 1. The van der Waals surface area contributed by atoms with Gasteiger partial charge in [0.05, 0.1) is 11.5 Å². The minimum absolute atomic E-state index is 0.0773. The van der Waals surface area contributed by atoms with Crippen LogP contribution < -0.4 is 10.2 Å². The van der Waals surface area contributed by atoms with Crippen LogP contribution >= 0.6 is 0 Å². The van der Waals surface area contributed by atoms with Gasteiger partial charge in [-0.3, -0.25) is 24.6 Å². The number of aromatic nitrogens is 2. The van der Waals surface area contributed by atoms with Crippen LogP contribution in [0.5, 0.6) is 0 Å². The first kappa shape index (κ1) is 21.2. The van der Waals surface area contributed by atoms with E-state index in [0.717, 1.165) is 0 Å². The summed E-state index contributed by atoms with van der Waals surface area (Å²) in [5.74, 6) is -0.223. The fourth-order valence-electron chi connectivity index (χ4n) is 3.38. The van der Waals surface area contributed by atoms with E-state index in [1.54, 1.807) is 36.0 Å². The molecule has 0 spiro atoms. The van der Waals surface area contributed by atoms with Gasteiger partial charge in [0.1, 0.15) is 5.69 Å². The van der Waals surface area contributed by atoms with Crippen LogP contribution in [0.25, 0.3) is 0 Å². The number of benzene rings is 1. The van der Waals surface area contributed by atoms with Crippen molar-refractivity contribution in [2.45, 2.75) is 0 Å². The summed E-state index contributed by atoms with van der Waals surface area (Å²) in [5, 5.41) is 14.4. The molecule has 1 amide bonds. The van der Waals surface area contributed by atoms with Gasteiger partial charge in [0.2, 0.25) is 11.7 Å². The molecule has 0 aliphatic carbocycles. The summed E-state index contributed by atoms with van der Waals surface area (Å²) in [4.78, 5) is 43.6. The number of imidazole rings is 1. The lowest BCUT2D eigenvalue weighted by atomic mass is 10.1. The number of hydrogen-bond donors (Lipinski definition) is 1. The number of anilines is 1. The molecule has 1 aromatic carbocycles. The Morgan fingerprint density at radius 2 is 2.03 bits per heavy atom. The molecule has 3 rings (SSSR count). The summed E-state index contributed by atoms with van der Waals surface area (Å²) >= 11 is 0. The van der Waals surface area contributed by atoms with Gasteiger partial charge in [0.25, 0.3) is 5.69 Å². The van der Waals surface area contributed by atoms with Gasteiger partial charge in [-0.25, -0.2) is 4.98 Å². The molecule has 0 radical (unpaired) electrons. The molecule has 0 saturated carbocycles. The summed E-state index contributed by atoms with van der Waals surface area (Å²) in [5.41, 5.74) is 0.566. The molecule has 2 aromatic rings. The second-order valence-corrected chi connectivity index (χ2v) is 7.01. The molecule has 1 saturated heterocycles. The van der Waals surface area contributed by atoms with Gasteiger partial charge < -0.3 is 14.8 Å². The molecule has 1 aromatic heterocycles. The largest absolute Gasteiger partial charge is 0.363 e. The predicted molar refractivity (Wildman–Crippen MR) is 112 cm³/mol. The zero-order valence-electron chi connectivity index (χ0n) is 16.8. The number of ketones is 1. The van der Waals surface area contributed by atoms with Crippen LogP contribution in [0.3, 0.4) is 0 Å². The number of nitro groups is 1. The van der Waals surface area contributed by atoms with Crippen LogP contribution in [0.4, 0.5) is 11.4 Å². The number of nitrogens with zero attached hydrogens (tertiary/aromatic N) is 5. The topological polar surface area (TPSA) is 114 Å². The van der Waals surface area contributed by atoms with E-state index in [2.05, 4.69) is 16.9 Å². The first-order valence-electron chi connectivity index (χ1n) is 9.56. The zero-order valence-corrected chi connectivity index (χ0v) is 16.8. The normalized spacial score (nSPS) is 14.4. The Kier molecular flexibility index (Phi) is 6.58. The van der Waals surface area contributed by atoms with Gasteiger partial charge in [-0.2, -0.15) is 0 Å². The second-order valence-electron chi connectivity index (χ2n) is 7.01. The zero-order chi connectivity index (χ0) is 21.7. The second kappa shape index (κ2) is 9.31. The molecule has 30 heavy (non-hydrogen) atoms. The van der Waals surface area contributed by atoms with Crippen molar-refractivity contribution in [2.75, 3.05) is 44.2 Å². The fourth-order valence-corrected chi connectivity index (χ4v) is 3.38. The fraction of sp³-hybridized carbons (Fsp3) is 0.350. The van der Waals surface area contributed by atoms with E-state index >= 15 is 0 Å². The van der Waals surface area contributed by atoms with Crippen LogP contribution in [0.2, 0.25) is 0 Å². The SMILES string of the molecule is C=CCNC(=O)CN1CCN(c2ccc(C(=O)c3nccn3C)cc2[N+](=O)[O-])CC1. The number of rotatable bonds is 8. The van der Waals surface area contributed by atoms with Crippen molar-refractivity contribution < 1.29 is 14.5 Å². The smallest absolute Gasteiger partial charge is 0.293 e. The first-order valence-corrected chi connectivity index (χ1v) is 9.56. The quantitative estimate of drug-likeness (QED) is 0.298. The van der Waals surface area contributed by atoms with Crippen molar-refractivity contribution in [1.82, 2.24) is 19.8 Å². The Labute approximate surface area is 173 Å². The molecule has 158 valence electrons. The molecule has 0 unspecified atom stereocenters. The van der Waals surface area contributed by atoms with Gasteiger partial charge in [-0.15, -0.1) is 6.58 Å². The highest BCUT2D eigenvalue weighted by Crippen LogP contribution is 2.30. The van der Waals surface area contributed by atoms with Crippen LogP contribution in [0.1, 0.15) is 16.2 Å². The van der Waals surface area contributed by atoms with Crippen LogP contribution in [0, 0.1) is 10.1 Å². The van der Waals surface area contributed by atoms with E-state index < -0.39 is 4.92 Å². The molecular formula is C20H24N6O4. The number of carbonyl (C=O) groups is 2. The first-order chi connectivity index (χ1) is 14.4. The highest BCUT2D eigenvalue weighted by molar-refractivity contribution is 6.07. The van der Waals surface area contributed by atoms with Gasteiger partial charge in [0, 0.05) is 63.8 Å². The highest BCUT2D eigenvalue weighted by Gasteiger charge is 2.26. The minimum Gasteiger partial charge on any atom is -0.363 e. The lowest BCUT2D eigenvalue weighted by Gasteiger charge is -2.35. The van der Waals surface area contributed by atoms with Gasteiger partial charge in [-0.05, 0) is 12.1 Å². The van der Waals surface area contributed by atoms with Gasteiger partial charge in [0.15, 0.2) is 5.82 Å². The summed E-state index contributed by atoms with van der Waals surface area (Å²) in [6.07, 6.45) is 4.78. The maximum atomic E-state index is 12.6. The maximum Gasteiger partial charge on any atom is 0.293 e. The number of amides is 1. The Morgan fingerprint density at radius 1 is 1.30 bits per heavy atom. The number of aryl methyl sites for hydroxylation is 1. The third-order valence-corrected chi connectivity index (χ3v) is 4.98. The molecule has 10 nitrogen and oxygen atoms in total. The lowest BCUT2D eigenvalue weighted by molar-refractivity contribution is -0.384. The molecule has 1 N–H and O–H groups in total. The van der Waals surface area contributed by atoms with E-state index in [0.29, 0.717) is 38.4 Å². The number of nitrogens with one attached hydrogen (secondary N) is 1. The summed E-state index contributed by atoms with van der Waals surface area (Å²) < 4.78 is 1.58. The van der Waals surface area contributed by atoms with E-state index in [1.807, 2.05) is 9.80 Å². The standard InChI is InChI=1S/C20H24N6O4/c1-3-6-21-18(27)14-24-9-11-25(12-10-24)16-5-4-15(13-17(16)26(29)30)19(28)20-22-7-8-23(20)2/h3-5,7-8,13H,1,6,9-12,14H2,2H3,(H,21,27). The molecule has 1 aliphatic rings. The van der Waals surface area contributed by atoms with E-state index in [1.165, 1.54) is 12.3 Å². The Bertz CT molecular complexity index is 962. The lowest BCUT2D eigenvalue weighted by Crippen LogP contribution is -2.49. The predicted octanol–water partition coefficient (Wildman–Crippen LogP) is 0.983. The van der Waals surface area contributed by atoms with Crippen LogP contribution in [-0.4, -0.2) is 70.3 Å². The molecular weight excluding hydrogens is 388 g/mol. The van der Waals surface area contributed by atoms with Crippen molar-refractivity contribution in [3.8, 4) is 0 Å². The number of piperazine rings is 1. The van der Waals surface area contributed by atoms with Crippen LogP contribution in [0.15, 0.2) is 43.2 Å². The molecule has 1 fully saturated rings. The summed E-state index contributed by atoms with van der Waals surface area (Å²) in [6.45, 7) is 6.56. The van der Waals surface area contributed by atoms with Gasteiger partial charge >= 0.3 is 0 Å². The maximum absolute atomic E-state index is 12.6. The molecule has 1 aliphatic heterocycles. The third kappa shape index (κ3) is 4.71. The summed E-state index contributed by atoms with van der Waals surface area (Å²) in [6, 6.07) is 4.51. The van der Waals surface area contributed by atoms with E-state index in [-0.39, 0.29) is 35.3 Å². The van der Waals surface area contributed by atoms with Crippen molar-refractivity contribution in [3.05, 3.63) is 64.7 Å². The highest BCUT2D eigenvalue weighted by atomic mass is 16.6. The van der Waals surface area contributed by atoms with Crippen molar-refractivity contribution in [2.24, 2.45) is 7.05 Å².